The summed E-state index contributed by atoms with van der Waals surface area (Å²) in [5, 5.41) is 14.9. The Hall–Kier alpha value is -1.74. The van der Waals surface area contributed by atoms with Gasteiger partial charge in [0.1, 0.15) is 5.75 Å². The molecule has 3 heteroatoms. The van der Waals surface area contributed by atoms with E-state index in [0.29, 0.717) is 12.3 Å². The minimum absolute atomic E-state index is 0.463. The average molecular weight is 271 g/mol. The van der Waals surface area contributed by atoms with Crippen LogP contribution < -0.4 is 10.5 Å². The van der Waals surface area contributed by atoms with Crippen molar-refractivity contribution >= 4 is 18.9 Å². The molecule has 0 heterocycles. The molecule has 0 amide bonds. The monoisotopic (exact) mass is 271 g/mol. The summed E-state index contributed by atoms with van der Waals surface area (Å²) in [6, 6.07) is 16.1. The molecule has 0 saturated heterocycles. The molecular weight excluding hydrogens is 250 g/mol. The Morgan fingerprint density at radius 3 is 2.26 bits per heavy atom. The standard InChI is InChI=1S/C16H21NOSi/c1-19(2,3)15-11-7-8-13(16(15)18)12-17-14-9-5-4-6-10-14/h4-11,17-18H,12H2,1-3H3. The molecule has 2 nitrogen and oxygen atoms in total. The minimum Gasteiger partial charge on any atom is -0.508 e. The van der Waals surface area contributed by atoms with Gasteiger partial charge in [-0.1, -0.05) is 56.0 Å². The maximum atomic E-state index is 10.4. The third kappa shape index (κ3) is 3.38. The van der Waals surface area contributed by atoms with Crippen molar-refractivity contribution in [3.63, 3.8) is 0 Å². The van der Waals surface area contributed by atoms with E-state index in [2.05, 4.69) is 25.0 Å². The highest BCUT2D eigenvalue weighted by molar-refractivity contribution is 6.89. The van der Waals surface area contributed by atoms with E-state index in [4.69, 9.17) is 0 Å². The highest BCUT2D eigenvalue weighted by Gasteiger charge is 2.21. The van der Waals surface area contributed by atoms with Gasteiger partial charge in [0.15, 0.2) is 0 Å². The van der Waals surface area contributed by atoms with Crippen molar-refractivity contribution in [2.24, 2.45) is 0 Å². The molecule has 2 N–H and O–H groups in total. The summed E-state index contributed by atoms with van der Waals surface area (Å²) in [6.07, 6.45) is 0. The first-order chi connectivity index (χ1) is 8.98. The fourth-order valence-electron chi connectivity index (χ4n) is 2.09. The Morgan fingerprint density at radius 2 is 1.63 bits per heavy atom. The number of anilines is 1. The fraction of sp³-hybridized carbons (Fsp3) is 0.250. The van der Waals surface area contributed by atoms with Crippen LogP contribution in [0.3, 0.4) is 0 Å². The molecule has 0 aliphatic heterocycles. The summed E-state index contributed by atoms with van der Waals surface area (Å²) in [4.78, 5) is 0. The van der Waals surface area contributed by atoms with Gasteiger partial charge in [-0.05, 0) is 17.3 Å². The van der Waals surface area contributed by atoms with Crippen LogP contribution in [0.25, 0.3) is 0 Å². The van der Waals surface area contributed by atoms with Crippen molar-refractivity contribution in [1.82, 2.24) is 0 Å². The van der Waals surface area contributed by atoms with E-state index < -0.39 is 8.07 Å². The van der Waals surface area contributed by atoms with Gasteiger partial charge in [-0.3, -0.25) is 0 Å². The molecule has 2 aromatic carbocycles. The van der Waals surface area contributed by atoms with Crippen molar-refractivity contribution in [3.05, 3.63) is 54.1 Å². The summed E-state index contributed by atoms with van der Waals surface area (Å²) in [5.74, 6) is 0.463. The smallest absolute Gasteiger partial charge is 0.119 e. The summed E-state index contributed by atoms with van der Waals surface area (Å²) < 4.78 is 0. The largest absolute Gasteiger partial charge is 0.508 e. The SMILES string of the molecule is C[Si](C)(C)c1cccc(CNc2ccccc2)c1O. The molecule has 0 aliphatic rings. The van der Waals surface area contributed by atoms with Crippen LogP contribution in [0.5, 0.6) is 5.75 Å². The van der Waals surface area contributed by atoms with E-state index in [1.807, 2.05) is 48.5 Å². The van der Waals surface area contributed by atoms with Crippen LogP contribution in [0.4, 0.5) is 5.69 Å². The van der Waals surface area contributed by atoms with Crippen molar-refractivity contribution in [2.75, 3.05) is 5.32 Å². The third-order valence-corrected chi connectivity index (χ3v) is 5.20. The number of hydrogen-bond donors (Lipinski definition) is 2. The lowest BCUT2D eigenvalue weighted by Crippen LogP contribution is -2.38. The Kier molecular flexibility index (Phi) is 3.95. The van der Waals surface area contributed by atoms with E-state index in [0.717, 1.165) is 16.4 Å². The van der Waals surface area contributed by atoms with Crippen molar-refractivity contribution in [1.29, 1.82) is 0 Å². The minimum atomic E-state index is -1.50. The van der Waals surface area contributed by atoms with Gasteiger partial charge in [0, 0.05) is 17.8 Å². The second-order valence-electron chi connectivity index (χ2n) is 5.78. The Morgan fingerprint density at radius 1 is 0.947 bits per heavy atom. The Labute approximate surface area is 116 Å². The van der Waals surface area contributed by atoms with Crippen LogP contribution in [0, 0.1) is 0 Å². The number of hydrogen-bond acceptors (Lipinski definition) is 2. The maximum Gasteiger partial charge on any atom is 0.119 e. The lowest BCUT2D eigenvalue weighted by Gasteiger charge is -2.20. The van der Waals surface area contributed by atoms with Crippen LogP contribution in [0.1, 0.15) is 5.56 Å². The van der Waals surface area contributed by atoms with Gasteiger partial charge in [0.2, 0.25) is 0 Å². The molecule has 0 aliphatic carbocycles. The molecule has 0 spiro atoms. The van der Waals surface area contributed by atoms with Crippen LogP contribution >= 0.6 is 0 Å². The number of phenolic OH excluding ortho intramolecular Hbond substituents is 1. The summed E-state index contributed by atoms with van der Waals surface area (Å²) in [5.41, 5.74) is 2.03. The first kappa shape index (κ1) is 13.7. The first-order valence-electron chi connectivity index (χ1n) is 6.59. The quantitative estimate of drug-likeness (QED) is 0.834. The summed E-state index contributed by atoms with van der Waals surface area (Å²) in [6.45, 7) is 7.39. The lowest BCUT2D eigenvalue weighted by molar-refractivity contribution is 0.473. The number of benzene rings is 2. The molecule has 0 bridgehead atoms. The van der Waals surface area contributed by atoms with Gasteiger partial charge in [0.05, 0.1) is 8.07 Å². The van der Waals surface area contributed by atoms with Crippen LogP contribution in [-0.2, 0) is 6.54 Å². The molecule has 0 aromatic heterocycles. The van der Waals surface area contributed by atoms with Crippen molar-refractivity contribution in [2.45, 2.75) is 26.2 Å². The molecule has 2 aromatic rings. The van der Waals surface area contributed by atoms with Crippen LogP contribution in [0.2, 0.25) is 19.6 Å². The van der Waals surface area contributed by atoms with Gasteiger partial charge < -0.3 is 10.4 Å². The van der Waals surface area contributed by atoms with E-state index in [1.165, 1.54) is 0 Å². The number of nitrogens with one attached hydrogen (secondary N) is 1. The molecule has 0 atom stereocenters. The van der Waals surface area contributed by atoms with Gasteiger partial charge in [-0.25, -0.2) is 0 Å². The second kappa shape index (κ2) is 5.49. The third-order valence-electron chi connectivity index (χ3n) is 3.18. The summed E-state index contributed by atoms with van der Waals surface area (Å²) in [7, 11) is -1.50. The fourth-order valence-corrected chi connectivity index (χ4v) is 3.56. The zero-order valence-electron chi connectivity index (χ0n) is 11.8. The van der Waals surface area contributed by atoms with Gasteiger partial charge in [-0.2, -0.15) is 0 Å². The van der Waals surface area contributed by atoms with Gasteiger partial charge in [0.25, 0.3) is 0 Å². The summed E-state index contributed by atoms with van der Waals surface area (Å²) >= 11 is 0. The van der Waals surface area contributed by atoms with E-state index in [1.54, 1.807) is 0 Å². The number of aromatic hydroxyl groups is 1. The predicted molar refractivity (Wildman–Crippen MR) is 84.9 cm³/mol. The predicted octanol–water partition coefficient (Wildman–Crippen LogP) is 3.55. The molecule has 0 saturated carbocycles. The van der Waals surface area contributed by atoms with Crippen LogP contribution in [0.15, 0.2) is 48.5 Å². The Bertz CT molecular complexity index is 546. The molecule has 0 fully saturated rings. The van der Waals surface area contributed by atoms with E-state index in [9.17, 15) is 5.11 Å². The molecular formula is C16H21NOSi. The zero-order valence-corrected chi connectivity index (χ0v) is 12.8. The number of phenols is 1. The topological polar surface area (TPSA) is 32.3 Å². The van der Waals surface area contributed by atoms with Crippen molar-refractivity contribution < 1.29 is 5.11 Å². The van der Waals surface area contributed by atoms with Crippen molar-refractivity contribution in [3.8, 4) is 5.75 Å². The number of para-hydroxylation sites is 2. The Balaban J connectivity index is 2.18. The van der Waals surface area contributed by atoms with E-state index in [-0.39, 0.29) is 0 Å². The average Bonchev–Trinajstić information content (AvgIpc) is 2.37. The van der Waals surface area contributed by atoms with Gasteiger partial charge >= 0.3 is 0 Å². The molecule has 0 unspecified atom stereocenters. The highest BCUT2D eigenvalue weighted by atomic mass is 28.3. The first-order valence-corrected chi connectivity index (χ1v) is 10.1. The molecule has 2 rings (SSSR count). The van der Waals surface area contributed by atoms with Gasteiger partial charge in [-0.15, -0.1) is 0 Å². The maximum absolute atomic E-state index is 10.4. The normalized spacial score (nSPS) is 11.3. The lowest BCUT2D eigenvalue weighted by atomic mass is 10.2. The highest BCUT2D eigenvalue weighted by Crippen LogP contribution is 2.19. The zero-order chi connectivity index (χ0) is 13.9. The molecule has 0 radical (unpaired) electrons. The van der Waals surface area contributed by atoms with E-state index >= 15 is 0 Å². The second-order valence-corrected chi connectivity index (χ2v) is 10.8. The molecule has 100 valence electrons. The van der Waals surface area contributed by atoms with Crippen LogP contribution in [-0.4, -0.2) is 13.2 Å². The number of rotatable bonds is 4. The molecule has 19 heavy (non-hydrogen) atoms.